The van der Waals surface area contributed by atoms with E-state index < -0.39 is 17.7 Å². The molecule has 1 aromatic carbocycles. The second kappa shape index (κ2) is 8.59. The van der Waals surface area contributed by atoms with Crippen molar-refractivity contribution in [1.29, 1.82) is 0 Å². The number of aryl methyl sites for hydroxylation is 1. The van der Waals surface area contributed by atoms with Gasteiger partial charge in [0.05, 0.1) is 24.4 Å². The maximum absolute atomic E-state index is 13.2. The number of methoxy groups -OCH3 is 1. The molecule has 2 N–H and O–H groups in total. The number of aromatic nitrogens is 2. The Morgan fingerprint density at radius 1 is 1.21 bits per heavy atom. The van der Waals surface area contributed by atoms with Gasteiger partial charge in [-0.05, 0) is 50.8 Å². The first-order chi connectivity index (χ1) is 15.7. The molecule has 1 unspecified atom stereocenters. The van der Waals surface area contributed by atoms with Crippen LogP contribution in [0.1, 0.15) is 23.0 Å². The van der Waals surface area contributed by atoms with Gasteiger partial charge in [0, 0.05) is 19.3 Å². The first kappa shape index (κ1) is 22.3. The fourth-order valence-corrected chi connectivity index (χ4v) is 4.16. The molecule has 1 amide bonds. The number of likely N-dealkylation sites (tertiary alicyclic amines) is 1. The van der Waals surface area contributed by atoms with Crippen molar-refractivity contribution >= 4 is 23.1 Å². The van der Waals surface area contributed by atoms with E-state index in [0.717, 1.165) is 0 Å². The number of aliphatic hydroxyl groups excluding tert-OH is 1. The van der Waals surface area contributed by atoms with E-state index in [4.69, 9.17) is 4.74 Å². The van der Waals surface area contributed by atoms with Crippen molar-refractivity contribution in [3.05, 3.63) is 65.1 Å². The molecule has 9 nitrogen and oxygen atoms in total. The molecular formula is C24H26N4O5. The molecule has 0 radical (unpaired) electrons. The Kier molecular flexibility index (Phi) is 5.82. The number of nitrogens with zero attached hydrogens (tertiary/aromatic N) is 4. The summed E-state index contributed by atoms with van der Waals surface area (Å²) >= 11 is 0. The minimum Gasteiger partial charge on any atom is -0.505 e. The summed E-state index contributed by atoms with van der Waals surface area (Å²) in [6.07, 6.45) is 1.74. The van der Waals surface area contributed by atoms with Crippen LogP contribution in [0.2, 0.25) is 0 Å². The number of imidazole rings is 1. The van der Waals surface area contributed by atoms with Crippen LogP contribution in [0.3, 0.4) is 0 Å². The summed E-state index contributed by atoms with van der Waals surface area (Å²) < 4.78 is 6.92. The van der Waals surface area contributed by atoms with Gasteiger partial charge in [-0.15, -0.1) is 0 Å². The van der Waals surface area contributed by atoms with E-state index in [0.29, 0.717) is 29.1 Å². The third-order valence-corrected chi connectivity index (χ3v) is 5.78. The second-order valence-electron chi connectivity index (χ2n) is 8.20. The Bertz CT molecular complexity index is 1280. The van der Waals surface area contributed by atoms with E-state index in [1.54, 1.807) is 41.8 Å². The fourth-order valence-electron chi connectivity index (χ4n) is 4.16. The molecule has 3 aromatic rings. The number of benzene rings is 1. The summed E-state index contributed by atoms with van der Waals surface area (Å²) in [7, 11) is 5.16. The number of Topliss-reactive ketones (excluding diaryl/α,β-unsaturated/α-hetero) is 1. The molecule has 33 heavy (non-hydrogen) atoms. The SMILES string of the molecule is COc1cc(C2C(=C(O)c3c(C)nc4ccccn34)C(=O)C(=O)N2CCN(C)C)ccc1O. The van der Waals surface area contributed by atoms with Crippen molar-refractivity contribution in [3.8, 4) is 11.5 Å². The van der Waals surface area contributed by atoms with E-state index >= 15 is 0 Å². The molecule has 0 aliphatic carbocycles. The van der Waals surface area contributed by atoms with Crippen molar-refractivity contribution < 1.29 is 24.5 Å². The molecular weight excluding hydrogens is 424 g/mol. The maximum atomic E-state index is 13.2. The third kappa shape index (κ3) is 3.80. The number of aliphatic hydroxyl groups is 1. The quantitative estimate of drug-likeness (QED) is 0.337. The molecule has 1 aliphatic heterocycles. The lowest BCUT2D eigenvalue weighted by atomic mass is 9.96. The van der Waals surface area contributed by atoms with Crippen LogP contribution in [0, 0.1) is 6.92 Å². The lowest BCUT2D eigenvalue weighted by Crippen LogP contribution is -2.35. The van der Waals surface area contributed by atoms with Gasteiger partial charge >= 0.3 is 0 Å². The Labute approximate surface area is 191 Å². The number of carbonyl (C=O) groups is 2. The number of ether oxygens (including phenoxy) is 1. The highest BCUT2D eigenvalue weighted by Gasteiger charge is 2.46. The number of phenols is 1. The van der Waals surface area contributed by atoms with Gasteiger partial charge in [-0.25, -0.2) is 4.98 Å². The average molecular weight is 450 g/mol. The van der Waals surface area contributed by atoms with Gasteiger partial charge < -0.3 is 24.7 Å². The first-order valence-electron chi connectivity index (χ1n) is 10.5. The van der Waals surface area contributed by atoms with Gasteiger partial charge in [-0.1, -0.05) is 12.1 Å². The van der Waals surface area contributed by atoms with E-state index in [1.807, 2.05) is 25.1 Å². The number of aromatic hydroxyl groups is 1. The predicted octanol–water partition coefficient (Wildman–Crippen LogP) is 2.34. The third-order valence-electron chi connectivity index (χ3n) is 5.78. The van der Waals surface area contributed by atoms with Gasteiger partial charge in [-0.2, -0.15) is 0 Å². The number of fused-ring (bicyclic) bond motifs is 1. The van der Waals surface area contributed by atoms with Crippen molar-refractivity contribution in [2.45, 2.75) is 13.0 Å². The molecule has 0 bridgehead atoms. The van der Waals surface area contributed by atoms with Crippen LogP contribution in [0.5, 0.6) is 11.5 Å². The molecule has 0 spiro atoms. The Morgan fingerprint density at radius 2 is 1.97 bits per heavy atom. The van der Waals surface area contributed by atoms with Crippen LogP contribution < -0.4 is 4.74 Å². The number of ketones is 1. The Hall–Kier alpha value is -3.85. The minimum absolute atomic E-state index is 0.0275. The van der Waals surface area contributed by atoms with E-state index in [1.165, 1.54) is 18.1 Å². The summed E-state index contributed by atoms with van der Waals surface area (Å²) in [6, 6.07) is 9.20. The van der Waals surface area contributed by atoms with Crippen molar-refractivity contribution in [2.75, 3.05) is 34.3 Å². The normalized spacial score (nSPS) is 18.0. The summed E-state index contributed by atoms with van der Waals surface area (Å²) in [5, 5.41) is 21.5. The van der Waals surface area contributed by atoms with Gasteiger partial charge in [0.25, 0.3) is 11.7 Å². The molecule has 1 fully saturated rings. The smallest absolute Gasteiger partial charge is 0.295 e. The first-order valence-corrected chi connectivity index (χ1v) is 10.5. The Morgan fingerprint density at radius 3 is 2.67 bits per heavy atom. The van der Waals surface area contributed by atoms with Crippen molar-refractivity contribution in [3.63, 3.8) is 0 Å². The second-order valence-corrected chi connectivity index (χ2v) is 8.20. The molecule has 2 aromatic heterocycles. The number of pyridine rings is 1. The van der Waals surface area contributed by atoms with Crippen molar-refractivity contribution in [2.24, 2.45) is 0 Å². The van der Waals surface area contributed by atoms with E-state index in [9.17, 15) is 19.8 Å². The fraction of sp³-hybridized carbons (Fsp3) is 0.292. The number of amides is 1. The standard InChI is InChI=1S/C24H26N4O5/c1-14-20(27-10-6-5-7-18(27)25-14)22(30)19-21(15-8-9-16(29)17(13-15)33-4)28(12-11-26(2)3)24(32)23(19)31/h5-10,13,21,29-30H,11-12H2,1-4H3. The number of hydrogen-bond acceptors (Lipinski definition) is 7. The summed E-state index contributed by atoms with van der Waals surface area (Å²) in [5.41, 5.74) is 2.00. The highest BCUT2D eigenvalue weighted by atomic mass is 16.5. The monoisotopic (exact) mass is 450 g/mol. The van der Waals surface area contributed by atoms with E-state index in [2.05, 4.69) is 4.98 Å². The maximum Gasteiger partial charge on any atom is 0.295 e. The molecule has 0 saturated carbocycles. The van der Waals surface area contributed by atoms with Crippen LogP contribution in [0.15, 0.2) is 48.2 Å². The average Bonchev–Trinajstić information content (AvgIpc) is 3.25. The van der Waals surface area contributed by atoms with Gasteiger partial charge in [-0.3, -0.25) is 14.0 Å². The van der Waals surface area contributed by atoms with Crippen LogP contribution in [0.25, 0.3) is 11.4 Å². The zero-order valence-corrected chi connectivity index (χ0v) is 18.9. The molecule has 172 valence electrons. The number of carbonyl (C=O) groups excluding carboxylic acids is 2. The van der Waals surface area contributed by atoms with Crippen LogP contribution in [-0.4, -0.2) is 75.4 Å². The molecule has 1 atom stereocenters. The molecule has 4 rings (SSSR count). The lowest BCUT2D eigenvalue weighted by Gasteiger charge is -2.27. The summed E-state index contributed by atoms with van der Waals surface area (Å²) in [5.74, 6) is -1.62. The number of hydrogen-bond donors (Lipinski definition) is 2. The number of phenolic OH excluding ortho intramolecular Hbond substituents is 1. The predicted molar refractivity (Wildman–Crippen MR) is 122 cm³/mol. The van der Waals surface area contributed by atoms with Crippen molar-refractivity contribution in [1.82, 2.24) is 19.2 Å². The minimum atomic E-state index is -0.854. The summed E-state index contributed by atoms with van der Waals surface area (Å²) in [4.78, 5) is 34.1. The highest BCUT2D eigenvalue weighted by molar-refractivity contribution is 6.46. The van der Waals surface area contributed by atoms with Crippen LogP contribution in [0.4, 0.5) is 0 Å². The molecule has 3 heterocycles. The van der Waals surface area contributed by atoms with Crippen LogP contribution >= 0.6 is 0 Å². The van der Waals surface area contributed by atoms with Gasteiger partial charge in [0.1, 0.15) is 11.3 Å². The zero-order valence-electron chi connectivity index (χ0n) is 18.9. The van der Waals surface area contributed by atoms with E-state index in [-0.39, 0.29) is 29.4 Å². The van der Waals surface area contributed by atoms with Gasteiger partial charge in [0.2, 0.25) is 0 Å². The number of likely N-dealkylation sites (N-methyl/N-ethyl adjacent to an activating group) is 1. The van der Waals surface area contributed by atoms with Crippen LogP contribution in [-0.2, 0) is 9.59 Å². The van der Waals surface area contributed by atoms with Gasteiger partial charge in [0.15, 0.2) is 17.3 Å². The molecule has 1 aliphatic rings. The Balaban J connectivity index is 1.95. The molecule has 1 saturated heterocycles. The zero-order chi connectivity index (χ0) is 23.9. The number of rotatable bonds is 6. The molecule has 9 heteroatoms. The largest absolute Gasteiger partial charge is 0.505 e. The lowest BCUT2D eigenvalue weighted by molar-refractivity contribution is -0.140. The highest BCUT2D eigenvalue weighted by Crippen LogP contribution is 2.42. The summed E-state index contributed by atoms with van der Waals surface area (Å²) in [6.45, 7) is 2.53. The topological polar surface area (TPSA) is 108 Å².